The van der Waals surface area contributed by atoms with Gasteiger partial charge in [0, 0.05) is 26.0 Å². The summed E-state index contributed by atoms with van der Waals surface area (Å²) in [5.74, 6) is 2.91. The van der Waals surface area contributed by atoms with Crippen LogP contribution >= 0.6 is 0 Å². The van der Waals surface area contributed by atoms with Crippen LogP contribution in [0.25, 0.3) is 0 Å². The Hall–Kier alpha value is -1.81. The third kappa shape index (κ3) is 4.35. The van der Waals surface area contributed by atoms with Crippen molar-refractivity contribution in [2.45, 2.75) is 32.2 Å². The van der Waals surface area contributed by atoms with Gasteiger partial charge in [-0.2, -0.15) is 0 Å². The fraction of sp³-hybridized carbons (Fsp3) is 0.526. The molecule has 23 heavy (non-hydrogen) atoms. The number of aryl methyl sites for hydroxylation is 2. The molecule has 1 saturated heterocycles. The lowest BCUT2D eigenvalue weighted by molar-refractivity contribution is 0.157. The smallest absolute Gasteiger partial charge is 0.122 e. The van der Waals surface area contributed by atoms with E-state index in [0.29, 0.717) is 0 Å². The molecule has 3 rings (SSSR count). The highest BCUT2D eigenvalue weighted by Gasteiger charge is 2.20. The van der Waals surface area contributed by atoms with Crippen molar-refractivity contribution in [1.29, 1.82) is 0 Å². The van der Waals surface area contributed by atoms with Crippen molar-refractivity contribution < 1.29 is 4.74 Å². The lowest BCUT2D eigenvalue weighted by Crippen LogP contribution is -2.35. The minimum Gasteiger partial charge on any atom is -0.497 e. The van der Waals surface area contributed by atoms with Gasteiger partial charge < -0.3 is 9.30 Å². The molecule has 0 unspecified atom stereocenters. The van der Waals surface area contributed by atoms with Crippen LogP contribution < -0.4 is 4.74 Å². The second-order valence-corrected chi connectivity index (χ2v) is 6.59. The molecule has 0 bridgehead atoms. The molecule has 2 heterocycles. The van der Waals surface area contributed by atoms with E-state index in [1.807, 2.05) is 18.5 Å². The largest absolute Gasteiger partial charge is 0.497 e. The van der Waals surface area contributed by atoms with Gasteiger partial charge in [0.15, 0.2) is 0 Å². The highest BCUT2D eigenvalue weighted by molar-refractivity contribution is 5.28. The third-order valence-corrected chi connectivity index (χ3v) is 4.86. The lowest BCUT2D eigenvalue weighted by atomic mass is 9.91. The molecule has 1 aliphatic heterocycles. The standard InChI is InChI=1S/C19H27N3O/c1-21-12-10-20-19(21)15-22-11-4-6-17(14-22)9-8-16-5-3-7-18(13-16)23-2/h3,5,7,10,12-13,17H,4,6,8-9,11,14-15H2,1-2H3/t17-/m0/s1. The van der Waals surface area contributed by atoms with Gasteiger partial charge in [0.2, 0.25) is 0 Å². The first-order chi connectivity index (χ1) is 11.2. The van der Waals surface area contributed by atoms with Crippen molar-refractivity contribution in [2.75, 3.05) is 20.2 Å². The number of piperidine rings is 1. The van der Waals surface area contributed by atoms with Gasteiger partial charge >= 0.3 is 0 Å². The summed E-state index contributed by atoms with van der Waals surface area (Å²) in [6.45, 7) is 3.36. The molecule has 0 saturated carbocycles. The molecule has 4 heteroatoms. The first-order valence-corrected chi connectivity index (χ1v) is 8.56. The molecule has 0 spiro atoms. The number of aromatic nitrogens is 2. The van der Waals surface area contributed by atoms with Gasteiger partial charge in [0.25, 0.3) is 0 Å². The topological polar surface area (TPSA) is 30.3 Å². The van der Waals surface area contributed by atoms with Crippen LogP contribution in [-0.2, 0) is 20.0 Å². The highest BCUT2D eigenvalue weighted by Crippen LogP contribution is 2.23. The number of hydrogen-bond acceptors (Lipinski definition) is 3. The maximum absolute atomic E-state index is 5.32. The van der Waals surface area contributed by atoms with Crippen molar-refractivity contribution in [3.8, 4) is 5.75 Å². The third-order valence-electron chi connectivity index (χ3n) is 4.86. The molecule has 1 aromatic carbocycles. The van der Waals surface area contributed by atoms with Crippen LogP contribution in [0.2, 0.25) is 0 Å². The Bertz CT molecular complexity index is 623. The summed E-state index contributed by atoms with van der Waals surface area (Å²) in [6, 6.07) is 8.46. The fourth-order valence-electron chi connectivity index (χ4n) is 3.48. The lowest BCUT2D eigenvalue weighted by Gasteiger charge is -2.32. The van der Waals surface area contributed by atoms with Crippen LogP contribution in [0.1, 0.15) is 30.7 Å². The van der Waals surface area contributed by atoms with E-state index >= 15 is 0 Å². The summed E-state index contributed by atoms with van der Waals surface area (Å²) in [5.41, 5.74) is 1.38. The summed E-state index contributed by atoms with van der Waals surface area (Å²) in [7, 11) is 3.81. The quantitative estimate of drug-likeness (QED) is 0.820. The van der Waals surface area contributed by atoms with Gasteiger partial charge in [-0.15, -0.1) is 0 Å². The average molecular weight is 313 g/mol. The minimum absolute atomic E-state index is 0.787. The fourth-order valence-corrected chi connectivity index (χ4v) is 3.48. The summed E-state index contributed by atoms with van der Waals surface area (Å²) < 4.78 is 7.44. The van der Waals surface area contributed by atoms with E-state index in [0.717, 1.165) is 24.6 Å². The van der Waals surface area contributed by atoms with E-state index in [4.69, 9.17) is 4.74 Å². The molecule has 2 aromatic rings. The molecular weight excluding hydrogens is 286 g/mol. The summed E-state index contributed by atoms with van der Waals surface area (Å²) in [5, 5.41) is 0. The van der Waals surface area contributed by atoms with E-state index in [9.17, 15) is 0 Å². The van der Waals surface area contributed by atoms with E-state index in [1.54, 1.807) is 7.11 Å². The Morgan fingerprint density at radius 3 is 3.04 bits per heavy atom. The molecule has 0 N–H and O–H groups in total. The van der Waals surface area contributed by atoms with E-state index in [2.05, 4.69) is 39.7 Å². The Balaban J connectivity index is 1.51. The van der Waals surface area contributed by atoms with Gasteiger partial charge in [-0.3, -0.25) is 4.90 Å². The van der Waals surface area contributed by atoms with Crippen molar-refractivity contribution in [3.63, 3.8) is 0 Å². The first kappa shape index (κ1) is 16.1. The number of rotatable bonds is 6. The number of imidazole rings is 1. The monoisotopic (exact) mass is 313 g/mol. The minimum atomic E-state index is 0.787. The maximum Gasteiger partial charge on any atom is 0.122 e. The number of nitrogens with zero attached hydrogens (tertiary/aromatic N) is 3. The van der Waals surface area contributed by atoms with E-state index in [1.165, 1.54) is 43.7 Å². The van der Waals surface area contributed by atoms with Crippen LogP contribution in [0, 0.1) is 5.92 Å². The molecule has 4 nitrogen and oxygen atoms in total. The molecule has 1 fully saturated rings. The average Bonchev–Trinajstić information content (AvgIpc) is 2.98. The van der Waals surface area contributed by atoms with E-state index in [-0.39, 0.29) is 0 Å². The molecule has 0 amide bonds. The second-order valence-electron chi connectivity index (χ2n) is 6.59. The zero-order chi connectivity index (χ0) is 16.1. The molecule has 1 aliphatic rings. The van der Waals surface area contributed by atoms with Gasteiger partial charge in [-0.05, 0) is 55.8 Å². The van der Waals surface area contributed by atoms with Gasteiger partial charge in [-0.1, -0.05) is 12.1 Å². The molecule has 1 atom stereocenters. The molecule has 0 radical (unpaired) electrons. The van der Waals surface area contributed by atoms with Gasteiger partial charge in [-0.25, -0.2) is 4.98 Å². The Morgan fingerprint density at radius 1 is 1.35 bits per heavy atom. The predicted octanol–water partition coefficient (Wildman–Crippen LogP) is 3.27. The van der Waals surface area contributed by atoms with Crippen LogP contribution in [0.4, 0.5) is 0 Å². The highest BCUT2D eigenvalue weighted by atomic mass is 16.5. The van der Waals surface area contributed by atoms with E-state index < -0.39 is 0 Å². The summed E-state index contributed by atoms with van der Waals surface area (Å²) in [6.07, 6.45) is 8.95. The number of methoxy groups -OCH3 is 1. The molecule has 1 aromatic heterocycles. The first-order valence-electron chi connectivity index (χ1n) is 8.56. The normalized spacial score (nSPS) is 19.0. The number of benzene rings is 1. The van der Waals surface area contributed by atoms with Crippen molar-refractivity contribution in [1.82, 2.24) is 14.5 Å². The van der Waals surface area contributed by atoms with Crippen LogP contribution in [0.15, 0.2) is 36.7 Å². The number of ether oxygens (including phenoxy) is 1. The zero-order valence-electron chi connectivity index (χ0n) is 14.2. The van der Waals surface area contributed by atoms with Crippen LogP contribution in [-0.4, -0.2) is 34.7 Å². The maximum atomic E-state index is 5.32. The number of hydrogen-bond donors (Lipinski definition) is 0. The Morgan fingerprint density at radius 2 is 2.26 bits per heavy atom. The molecule has 124 valence electrons. The van der Waals surface area contributed by atoms with Crippen LogP contribution in [0.5, 0.6) is 5.75 Å². The molecular formula is C19H27N3O. The Kier molecular flexibility index (Phi) is 5.34. The predicted molar refractivity (Wildman–Crippen MR) is 92.5 cm³/mol. The number of likely N-dealkylation sites (tertiary alicyclic amines) is 1. The Labute approximate surface area is 139 Å². The van der Waals surface area contributed by atoms with Crippen molar-refractivity contribution in [2.24, 2.45) is 13.0 Å². The summed E-state index contributed by atoms with van der Waals surface area (Å²) >= 11 is 0. The SMILES string of the molecule is COc1cccc(CC[C@@H]2CCCN(Cc3nccn3C)C2)c1. The van der Waals surface area contributed by atoms with Crippen LogP contribution in [0.3, 0.4) is 0 Å². The van der Waals surface area contributed by atoms with Gasteiger partial charge in [0.05, 0.1) is 13.7 Å². The summed E-state index contributed by atoms with van der Waals surface area (Å²) in [4.78, 5) is 7.01. The zero-order valence-corrected chi connectivity index (χ0v) is 14.2. The van der Waals surface area contributed by atoms with Gasteiger partial charge in [0.1, 0.15) is 11.6 Å². The second kappa shape index (κ2) is 7.64. The van der Waals surface area contributed by atoms with Crippen molar-refractivity contribution in [3.05, 3.63) is 48.0 Å². The molecule has 0 aliphatic carbocycles. The van der Waals surface area contributed by atoms with Crippen molar-refractivity contribution >= 4 is 0 Å².